The molecule has 0 radical (unpaired) electrons. The van der Waals surface area contributed by atoms with E-state index < -0.39 is 0 Å². The van der Waals surface area contributed by atoms with E-state index in [9.17, 15) is 5.26 Å². The Morgan fingerprint density at radius 1 is 1.08 bits per heavy atom. The maximum atomic E-state index is 9.66. The number of allylic oxidation sites excluding steroid dienone is 1. The summed E-state index contributed by atoms with van der Waals surface area (Å²) in [5.41, 5.74) is 10.5. The summed E-state index contributed by atoms with van der Waals surface area (Å²) in [5, 5.41) is 17.0. The van der Waals surface area contributed by atoms with Gasteiger partial charge in [0.15, 0.2) is 0 Å². The standard InChI is InChI=1S/C21H18N4O/c22-13-17-16(12-11-14-7-3-1-4-8-14)18-19(15-9-5-2-6-10-15)24-25-21(18)26-20(17)23/h1-10,16H,11-12,23H2,(H,24,25)/t16-/m1/s1. The number of ether oxygens (including phenoxy) is 1. The molecule has 5 heteroatoms. The molecule has 0 spiro atoms. The normalized spacial score (nSPS) is 15.9. The zero-order chi connectivity index (χ0) is 17.9. The molecule has 0 bridgehead atoms. The molecule has 128 valence electrons. The molecule has 1 atom stereocenters. The molecule has 0 fully saturated rings. The fraction of sp³-hybridized carbons (Fsp3) is 0.143. The summed E-state index contributed by atoms with van der Waals surface area (Å²) in [6.45, 7) is 0. The molecule has 2 heterocycles. The van der Waals surface area contributed by atoms with E-state index in [1.54, 1.807) is 0 Å². The van der Waals surface area contributed by atoms with Crippen molar-refractivity contribution in [2.75, 3.05) is 0 Å². The number of fused-ring (bicyclic) bond motifs is 1. The minimum Gasteiger partial charge on any atom is -0.420 e. The summed E-state index contributed by atoms with van der Waals surface area (Å²) in [4.78, 5) is 0. The number of benzene rings is 2. The highest BCUT2D eigenvalue weighted by Gasteiger charge is 2.34. The highest BCUT2D eigenvalue weighted by Crippen LogP contribution is 2.44. The van der Waals surface area contributed by atoms with E-state index >= 15 is 0 Å². The van der Waals surface area contributed by atoms with Crippen LogP contribution in [0.4, 0.5) is 0 Å². The van der Waals surface area contributed by atoms with Gasteiger partial charge in [-0.2, -0.15) is 5.26 Å². The number of nitrogens with zero attached hydrogens (tertiary/aromatic N) is 2. The van der Waals surface area contributed by atoms with Gasteiger partial charge in [-0.1, -0.05) is 60.7 Å². The number of hydrogen-bond acceptors (Lipinski definition) is 4. The number of hydrogen-bond donors (Lipinski definition) is 2. The highest BCUT2D eigenvalue weighted by atomic mass is 16.5. The van der Waals surface area contributed by atoms with E-state index in [1.165, 1.54) is 5.56 Å². The zero-order valence-electron chi connectivity index (χ0n) is 14.1. The molecule has 0 aliphatic carbocycles. The third-order valence-corrected chi connectivity index (χ3v) is 4.69. The van der Waals surface area contributed by atoms with Crippen molar-refractivity contribution in [3.8, 4) is 23.2 Å². The predicted octanol–water partition coefficient (Wildman–Crippen LogP) is 3.88. The first-order valence-corrected chi connectivity index (χ1v) is 8.53. The fourth-order valence-corrected chi connectivity index (χ4v) is 3.41. The molecule has 1 aliphatic rings. The third-order valence-electron chi connectivity index (χ3n) is 4.69. The Balaban J connectivity index is 1.74. The summed E-state index contributed by atoms with van der Waals surface area (Å²) < 4.78 is 5.61. The third kappa shape index (κ3) is 2.82. The topological polar surface area (TPSA) is 87.7 Å². The van der Waals surface area contributed by atoms with Gasteiger partial charge in [0.05, 0.1) is 16.8 Å². The van der Waals surface area contributed by atoms with Crippen LogP contribution in [0.15, 0.2) is 72.1 Å². The second kappa shape index (κ2) is 6.77. The molecule has 0 amide bonds. The number of aryl methyl sites for hydroxylation is 1. The van der Waals surface area contributed by atoms with Crippen LogP contribution in [0.2, 0.25) is 0 Å². The van der Waals surface area contributed by atoms with E-state index in [0.29, 0.717) is 11.5 Å². The Morgan fingerprint density at radius 2 is 1.77 bits per heavy atom. The molecular formula is C21H18N4O. The van der Waals surface area contributed by atoms with Gasteiger partial charge in [-0.05, 0) is 24.0 Å². The molecule has 0 unspecified atom stereocenters. The number of aromatic nitrogens is 2. The number of nitrogens with two attached hydrogens (primary N) is 1. The van der Waals surface area contributed by atoms with Crippen LogP contribution in [0.5, 0.6) is 5.88 Å². The SMILES string of the molecule is N#CC1=C(N)Oc2n[nH]c(-c3ccccc3)c2[C@@H]1CCc1ccccc1. The lowest BCUT2D eigenvalue weighted by Gasteiger charge is -2.23. The lowest BCUT2D eigenvalue weighted by atomic mass is 9.84. The Hall–Kier alpha value is -3.52. The average molecular weight is 342 g/mol. The first kappa shape index (κ1) is 16.0. The quantitative estimate of drug-likeness (QED) is 0.753. The summed E-state index contributed by atoms with van der Waals surface area (Å²) in [6, 6.07) is 22.4. The minimum atomic E-state index is -0.155. The summed E-state index contributed by atoms with van der Waals surface area (Å²) in [6.07, 6.45) is 1.59. The van der Waals surface area contributed by atoms with E-state index in [2.05, 4.69) is 28.4 Å². The van der Waals surface area contributed by atoms with Gasteiger partial charge >= 0.3 is 0 Å². The van der Waals surface area contributed by atoms with Crippen molar-refractivity contribution in [2.24, 2.45) is 5.73 Å². The van der Waals surface area contributed by atoms with E-state index in [0.717, 1.165) is 29.7 Å². The molecule has 0 saturated carbocycles. The summed E-state index contributed by atoms with van der Waals surface area (Å²) in [5.74, 6) is 0.445. The summed E-state index contributed by atoms with van der Waals surface area (Å²) in [7, 11) is 0. The molecule has 5 nitrogen and oxygen atoms in total. The molecular weight excluding hydrogens is 324 g/mol. The molecule has 2 aromatic carbocycles. The highest BCUT2D eigenvalue weighted by molar-refractivity contribution is 5.68. The number of nitriles is 1. The van der Waals surface area contributed by atoms with Crippen molar-refractivity contribution >= 4 is 0 Å². The lowest BCUT2D eigenvalue weighted by molar-refractivity contribution is 0.371. The van der Waals surface area contributed by atoms with Gasteiger partial charge in [0.2, 0.25) is 11.8 Å². The molecule has 1 aliphatic heterocycles. The van der Waals surface area contributed by atoms with Crippen LogP contribution < -0.4 is 10.5 Å². The van der Waals surface area contributed by atoms with Gasteiger partial charge in [0, 0.05) is 5.92 Å². The Labute approximate surface area is 151 Å². The average Bonchev–Trinajstić information content (AvgIpc) is 3.10. The van der Waals surface area contributed by atoms with Crippen LogP contribution in [0.25, 0.3) is 11.3 Å². The predicted molar refractivity (Wildman–Crippen MR) is 99.0 cm³/mol. The molecule has 1 aromatic heterocycles. The molecule has 4 rings (SSSR count). The largest absolute Gasteiger partial charge is 0.420 e. The van der Waals surface area contributed by atoms with Gasteiger partial charge in [-0.25, -0.2) is 0 Å². The maximum absolute atomic E-state index is 9.66. The Bertz CT molecular complexity index is 984. The van der Waals surface area contributed by atoms with Gasteiger partial charge < -0.3 is 10.5 Å². The van der Waals surface area contributed by atoms with Crippen LogP contribution in [-0.2, 0) is 6.42 Å². The van der Waals surface area contributed by atoms with Crippen molar-refractivity contribution in [3.63, 3.8) is 0 Å². The van der Waals surface area contributed by atoms with Crippen molar-refractivity contribution in [1.29, 1.82) is 5.26 Å². The molecule has 0 saturated heterocycles. The van der Waals surface area contributed by atoms with Crippen LogP contribution in [-0.4, -0.2) is 10.2 Å². The van der Waals surface area contributed by atoms with Crippen LogP contribution in [0.1, 0.15) is 23.5 Å². The van der Waals surface area contributed by atoms with Gasteiger partial charge in [0.1, 0.15) is 6.07 Å². The van der Waals surface area contributed by atoms with Crippen molar-refractivity contribution in [3.05, 3.63) is 83.2 Å². The van der Waals surface area contributed by atoms with Gasteiger partial charge in [0.25, 0.3) is 0 Å². The van der Waals surface area contributed by atoms with Crippen LogP contribution in [0.3, 0.4) is 0 Å². The monoisotopic (exact) mass is 342 g/mol. The van der Waals surface area contributed by atoms with Gasteiger partial charge in [-0.3, -0.25) is 5.10 Å². The summed E-state index contributed by atoms with van der Waals surface area (Å²) >= 11 is 0. The second-order valence-electron chi connectivity index (χ2n) is 6.25. The van der Waals surface area contributed by atoms with Crippen LogP contribution >= 0.6 is 0 Å². The van der Waals surface area contributed by atoms with Crippen LogP contribution in [0, 0.1) is 11.3 Å². The Kier molecular flexibility index (Phi) is 4.16. The van der Waals surface area contributed by atoms with E-state index in [-0.39, 0.29) is 11.8 Å². The van der Waals surface area contributed by atoms with E-state index in [1.807, 2.05) is 48.5 Å². The minimum absolute atomic E-state index is 0.143. The smallest absolute Gasteiger partial charge is 0.244 e. The number of rotatable bonds is 4. The number of aromatic amines is 1. The van der Waals surface area contributed by atoms with Crippen molar-refractivity contribution in [1.82, 2.24) is 10.2 Å². The Morgan fingerprint density at radius 3 is 2.46 bits per heavy atom. The lowest BCUT2D eigenvalue weighted by Crippen LogP contribution is -2.20. The van der Waals surface area contributed by atoms with Crippen molar-refractivity contribution in [2.45, 2.75) is 18.8 Å². The number of H-pyrrole nitrogens is 1. The zero-order valence-corrected chi connectivity index (χ0v) is 14.1. The van der Waals surface area contributed by atoms with Crippen molar-refractivity contribution < 1.29 is 4.74 Å². The molecule has 26 heavy (non-hydrogen) atoms. The molecule has 3 aromatic rings. The molecule has 3 N–H and O–H groups in total. The first-order chi connectivity index (χ1) is 12.8. The first-order valence-electron chi connectivity index (χ1n) is 8.53. The fourth-order valence-electron chi connectivity index (χ4n) is 3.41. The van der Waals surface area contributed by atoms with Gasteiger partial charge in [-0.15, -0.1) is 5.10 Å². The number of nitrogens with one attached hydrogen (secondary N) is 1. The second-order valence-corrected chi connectivity index (χ2v) is 6.25. The maximum Gasteiger partial charge on any atom is 0.244 e. The van der Waals surface area contributed by atoms with E-state index in [4.69, 9.17) is 10.5 Å².